The Kier molecular flexibility index (Phi) is 4.98. The monoisotopic (exact) mass is 372 g/mol. The molecule has 1 amide bonds. The van der Waals surface area contributed by atoms with E-state index in [2.05, 4.69) is 16.5 Å². The molecule has 6 nitrogen and oxygen atoms in total. The number of carbonyl (C=O) groups is 1. The van der Waals surface area contributed by atoms with Crippen molar-refractivity contribution in [3.8, 4) is 11.3 Å². The number of anilines is 1. The maximum absolute atomic E-state index is 12.4. The van der Waals surface area contributed by atoms with Gasteiger partial charge in [0.1, 0.15) is 12.1 Å². The van der Waals surface area contributed by atoms with E-state index in [4.69, 9.17) is 22.1 Å². The van der Waals surface area contributed by atoms with E-state index in [9.17, 15) is 4.79 Å². The minimum atomic E-state index is -0.419. The second-order valence-electron chi connectivity index (χ2n) is 6.86. The fourth-order valence-electron chi connectivity index (χ4n) is 3.07. The Balaban J connectivity index is 2.02. The fraction of sp³-hybridized carbons (Fsp3) is 0.316. The first-order valence-electron chi connectivity index (χ1n) is 8.24. The van der Waals surface area contributed by atoms with Crippen LogP contribution >= 0.6 is 11.6 Å². The SMILES string of the molecule is C=CC(=O)N1CC(C)(C)OC[C@H]1c1cc(Cl)cc(-c2cc(N)ncn2)c1. The van der Waals surface area contributed by atoms with Gasteiger partial charge < -0.3 is 15.4 Å². The Labute approximate surface area is 157 Å². The van der Waals surface area contributed by atoms with Crippen LogP contribution in [0.2, 0.25) is 5.02 Å². The molecular formula is C19H21ClN4O2. The number of hydrogen-bond acceptors (Lipinski definition) is 5. The molecule has 0 spiro atoms. The van der Waals surface area contributed by atoms with Gasteiger partial charge in [0.05, 0.1) is 30.5 Å². The first kappa shape index (κ1) is 18.4. The highest BCUT2D eigenvalue weighted by Crippen LogP contribution is 2.34. The zero-order valence-electron chi connectivity index (χ0n) is 14.8. The van der Waals surface area contributed by atoms with E-state index in [1.807, 2.05) is 26.0 Å². The van der Waals surface area contributed by atoms with Crippen molar-refractivity contribution < 1.29 is 9.53 Å². The molecule has 0 aliphatic carbocycles. The highest BCUT2D eigenvalue weighted by molar-refractivity contribution is 6.31. The Morgan fingerprint density at radius 3 is 2.85 bits per heavy atom. The standard InChI is InChI=1S/C19H21ClN4O2/c1-4-18(25)24-10-19(2,3)26-9-16(24)13-5-12(6-14(20)7-13)15-8-17(21)23-11-22-15/h4-8,11,16H,1,9-10H2,2-3H3,(H2,21,22,23)/t16-/m0/s1. The number of hydrogen-bond donors (Lipinski definition) is 1. The number of nitrogen functional groups attached to an aromatic ring is 1. The van der Waals surface area contributed by atoms with E-state index in [1.165, 1.54) is 12.4 Å². The number of nitrogens with zero attached hydrogens (tertiary/aromatic N) is 3. The maximum atomic E-state index is 12.4. The molecule has 1 aliphatic heterocycles. The lowest BCUT2D eigenvalue weighted by molar-refractivity contribution is -0.151. The number of halogens is 1. The minimum Gasteiger partial charge on any atom is -0.384 e. The van der Waals surface area contributed by atoms with Gasteiger partial charge in [-0.05, 0) is 43.7 Å². The van der Waals surface area contributed by atoms with Crippen molar-refractivity contribution in [3.63, 3.8) is 0 Å². The van der Waals surface area contributed by atoms with Gasteiger partial charge in [0.2, 0.25) is 5.91 Å². The summed E-state index contributed by atoms with van der Waals surface area (Å²) in [6.07, 6.45) is 2.73. The zero-order chi connectivity index (χ0) is 18.9. The predicted molar refractivity (Wildman–Crippen MR) is 102 cm³/mol. The summed E-state index contributed by atoms with van der Waals surface area (Å²) in [4.78, 5) is 22.3. The van der Waals surface area contributed by atoms with Crippen LogP contribution in [0.25, 0.3) is 11.3 Å². The molecule has 2 aromatic rings. The summed E-state index contributed by atoms with van der Waals surface area (Å²) in [6.45, 7) is 8.37. The molecule has 3 rings (SSSR count). The van der Waals surface area contributed by atoms with E-state index < -0.39 is 5.60 Å². The normalized spacial score (nSPS) is 19.2. The number of nitrogens with two attached hydrogens (primary N) is 1. The summed E-state index contributed by atoms with van der Waals surface area (Å²) >= 11 is 6.34. The Bertz CT molecular complexity index is 853. The average Bonchev–Trinajstić information content (AvgIpc) is 2.59. The summed E-state index contributed by atoms with van der Waals surface area (Å²) in [5, 5.41) is 0.547. The number of rotatable bonds is 3. The van der Waals surface area contributed by atoms with E-state index in [0.29, 0.717) is 29.7 Å². The summed E-state index contributed by atoms with van der Waals surface area (Å²) in [6, 6.07) is 7.02. The molecule has 0 radical (unpaired) electrons. The summed E-state index contributed by atoms with van der Waals surface area (Å²) in [7, 11) is 0. The number of amides is 1. The summed E-state index contributed by atoms with van der Waals surface area (Å²) in [5.41, 5.74) is 7.68. The number of benzene rings is 1. The molecule has 1 aromatic heterocycles. The predicted octanol–water partition coefficient (Wildman–Crippen LogP) is 3.24. The first-order valence-corrected chi connectivity index (χ1v) is 8.62. The highest BCUT2D eigenvalue weighted by atomic mass is 35.5. The van der Waals surface area contributed by atoms with Gasteiger partial charge in [-0.25, -0.2) is 9.97 Å². The molecule has 1 atom stereocenters. The van der Waals surface area contributed by atoms with Gasteiger partial charge in [-0.3, -0.25) is 4.79 Å². The number of ether oxygens (including phenoxy) is 1. The molecule has 0 unspecified atom stereocenters. The summed E-state index contributed by atoms with van der Waals surface area (Å²) in [5.74, 6) is 0.238. The third kappa shape index (κ3) is 3.86. The molecule has 26 heavy (non-hydrogen) atoms. The van der Waals surface area contributed by atoms with Gasteiger partial charge in [0.25, 0.3) is 0 Å². The molecule has 136 valence electrons. The first-order chi connectivity index (χ1) is 12.3. The van der Waals surface area contributed by atoms with Crippen molar-refractivity contribution in [2.75, 3.05) is 18.9 Å². The van der Waals surface area contributed by atoms with E-state index in [-0.39, 0.29) is 11.9 Å². The second-order valence-corrected chi connectivity index (χ2v) is 7.29. The maximum Gasteiger partial charge on any atom is 0.246 e. The number of carbonyl (C=O) groups excluding carboxylic acids is 1. The van der Waals surface area contributed by atoms with Gasteiger partial charge in [-0.1, -0.05) is 18.2 Å². The van der Waals surface area contributed by atoms with Gasteiger partial charge >= 0.3 is 0 Å². The molecule has 2 heterocycles. The minimum absolute atomic E-state index is 0.140. The van der Waals surface area contributed by atoms with Crippen LogP contribution < -0.4 is 5.73 Å². The van der Waals surface area contributed by atoms with Crippen LogP contribution in [-0.2, 0) is 9.53 Å². The Morgan fingerprint density at radius 1 is 1.38 bits per heavy atom. The number of morpholine rings is 1. The zero-order valence-corrected chi connectivity index (χ0v) is 15.5. The van der Waals surface area contributed by atoms with Crippen molar-refractivity contribution in [2.24, 2.45) is 0 Å². The van der Waals surface area contributed by atoms with Crippen LogP contribution in [-0.4, -0.2) is 39.5 Å². The third-order valence-corrected chi connectivity index (χ3v) is 4.52. The van der Waals surface area contributed by atoms with Crippen molar-refractivity contribution in [1.29, 1.82) is 0 Å². The van der Waals surface area contributed by atoms with E-state index in [0.717, 1.165) is 11.1 Å². The van der Waals surface area contributed by atoms with Gasteiger partial charge in [0.15, 0.2) is 0 Å². The lowest BCUT2D eigenvalue weighted by atomic mass is 9.97. The lowest BCUT2D eigenvalue weighted by Gasteiger charge is -2.43. The summed E-state index contributed by atoms with van der Waals surface area (Å²) < 4.78 is 5.94. The average molecular weight is 373 g/mol. The molecule has 7 heteroatoms. The number of aromatic nitrogens is 2. The highest BCUT2D eigenvalue weighted by Gasteiger charge is 2.36. The van der Waals surface area contributed by atoms with Crippen molar-refractivity contribution >= 4 is 23.3 Å². The molecule has 0 saturated carbocycles. The largest absolute Gasteiger partial charge is 0.384 e. The van der Waals surface area contributed by atoms with Crippen LogP contribution in [0, 0.1) is 0 Å². The van der Waals surface area contributed by atoms with Crippen LogP contribution in [0.15, 0.2) is 43.2 Å². The van der Waals surface area contributed by atoms with Crippen LogP contribution in [0.5, 0.6) is 0 Å². The van der Waals surface area contributed by atoms with Crippen molar-refractivity contribution in [1.82, 2.24) is 14.9 Å². The molecule has 1 aliphatic rings. The molecule has 2 N–H and O–H groups in total. The van der Waals surface area contributed by atoms with E-state index in [1.54, 1.807) is 17.0 Å². The third-order valence-electron chi connectivity index (χ3n) is 4.31. The molecule has 0 bridgehead atoms. The Hall–Kier alpha value is -2.44. The second kappa shape index (κ2) is 7.05. The topological polar surface area (TPSA) is 81.3 Å². The van der Waals surface area contributed by atoms with Gasteiger partial charge in [-0.2, -0.15) is 0 Å². The van der Waals surface area contributed by atoms with E-state index >= 15 is 0 Å². The van der Waals surface area contributed by atoms with Crippen LogP contribution in [0.3, 0.4) is 0 Å². The molecule has 1 aromatic carbocycles. The molecule has 1 fully saturated rings. The van der Waals surface area contributed by atoms with Gasteiger partial charge in [0, 0.05) is 16.7 Å². The fourth-order valence-corrected chi connectivity index (χ4v) is 3.31. The molecule has 1 saturated heterocycles. The Morgan fingerprint density at radius 2 is 2.15 bits per heavy atom. The van der Waals surface area contributed by atoms with Crippen LogP contribution in [0.1, 0.15) is 25.5 Å². The smallest absolute Gasteiger partial charge is 0.246 e. The lowest BCUT2D eigenvalue weighted by Crippen LogP contribution is -2.51. The quantitative estimate of drug-likeness (QED) is 0.836. The van der Waals surface area contributed by atoms with Crippen molar-refractivity contribution in [2.45, 2.75) is 25.5 Å². The van der Waals surface area contributed by atoms with Gasteiger partial charge in [-0.15, -0.1) is 0 Å². The van der Waals surface area contributed by atoms with Crippen LogP contribution in [0.4, 0.5) is 5.82 Å². The van der Waals surface area contributed by atoms with Crippen molar-refractivity contribution in [3.05, 3.63) is 53.8 Å². The molecular weight excluding hydrogens is 352 g/mol.